The molecule has 17 heavy (non-hydrogen) atoms. The molecular formula is C17H26. The fourth-order valence-corrected chi connectivity index (χ4v) is 1.29. The Labute approximate surface area is 107 Å². The van der Waals surface area contributed by atoms with E-state index in [1.165, 1.54) is 0 Å². The van der Waals surface area contributed by atoms with Crippen LogP contribution in [0.3, 0.4) is 0 Å². The minimum atomic E-state index is 1.04. The van der Waals surface area contributed by atoms with E-state index in [0.717, 1.165) is 32.1 Å². The Balaban J connectivity index is 3.41. The van der Waals surface area contributed by atoms with Gasteiger partial charge in [-0.1, -0.05) is 67.7 Å². The van der Waals surface area contributed by atoms with Crippen LogP contribution in [0.5, 0.6) is 0 Å². The molecule has 0 aliphatic rings. The molecule has 0 heterocycles. The average molecular weight is 230 g/mol. The van der Waals surface area contributed by atoms with Gasteiger partial charge < -0.3 is 0 Å². The Hall–Kier alpha value is -1.30. The van der Waals surface area contributed by atoms with Crippen LogP contribution in [0.15, 0.2) is 60.8 Å². The molecule has 0 heteroatoms. The molecule has 0 N–H and O–H groups in total. The lowest BCUT2D eigenvalue weighted by Crippen LogP contribution is -1.63. The largest absolute Gasteiger partial charge is 0.0914 e. The van der Waals surface area contributed by atoms with Crippen LogP contribution in [0, 0.1) is 0 Å². The molecule has 0 aromatic carbocycles. The second-order valence-corrected chi connectivity index (χ2v) is 3.81. The monoisotopic (exact) mass is 230 g/mol. The first kappa shape index (κ1) is 15.7. The van der Waals surface area contributed by atoms with Crippen LogP contribution < -0.4 is 0 Å². The molecule has 0 amide bonds. The van der Waals surface area contributed by atoms with Gasteiger partial charge >= 0.3 is 0 Å². The predicted molar refractivity (Wildman–Crippen MR) is 80.1 cm³/mol. The normalized spacial score (nSPS) is 13.3. The van der Waals surface area contributed by atoms with Gasteiger partial charge in [-0.25, -0.2) is 0 Å². The molecule has 0 saturated carbocycles. The molecule has 0 aliphatic carbocycles. The third-order valence-electron chi connectivity index (χ3n) is 2.23. The molecule has 0 spiro atoms. The number of rotatable bonds is 9. The lowest BCUT2D eigenvalue weighted by Gasteiger charge is -1.84. The van der Waals surface area contributed by atoms with Gasteiger partial charge in [0, 0.05) is 0 Å². The van der Waals surface area contributed by atoms with E-state index in [-0.39, 0.29) is 0 Å². The Morgan fingerprint density at radius 2 is 0.882 bits per heavy atom. The molecule has 94 valence electrons. The Morgan fingerprint density at radius 1 is 0.529 bits per heavy atom. The summed E-state index contributed by atoms with van der Waals surface area (Å²) in [4.78, 5) is 0. The maximum Gasteiger partial charge on any atom is -0.0169 e. The summed E-state index contributed by atoms with van der Waals surface area (Å²) in [5, 5.41) is 0. The van der Waals surface area contributed by atoms with E-state index < -0.39 is 0 Å². The average Bonchev–Trinajstić information content (AvgIpc) is 2.35. The fourth-order valence-electron chi connectivity index (χ4n) is 1.29. The lowest BCUT2D eigenvalue weighted by molar-refractivity contribution is 1.19. The number of allylic oxidation sites excluding steroid dienone is 10. The van der Waals surface area contributed by atoms with Gasteiger partial charge in [0.2, 0.25) is 0 Å². The highest BCUT2D eigenvalue weighted by molar-refractivity contribution is 5.00. The van der Waals surface area contributed by atoms with Gasteiger partial charge in [0.15, 0.2) is 0 Å². The molecular weight excluding hydrogens is 204 g/mol. The fraction of sp³-hybridized carbons (Fsp3) is 0.412. The SMILES string of the molecule is C/C=C\C/C=C\C/C=C\C/C=C\C/C=C\CC. The van der Waals surface area contributed by atoms with Crippen molar-refractivity contribution in [3.8, 4) is 0 Å². The van der Waals surface area contributed by atoms with Crippen molar-refractivity contribution in [3.05, 3.63) is 60.8 Å². The summed E-state index contributed by atoms with van der Waals surface area (Å²) in [7, 11) is 0. The molecule has 0 radical (unpaired) electrons. The predicted octanol–water partition coefficient (Wildman–Crippen LogP) is 5.76. The quantitative estimate of drug-likeness (QED) is 0.442. The van der Waals surface area contributed by atoms with Gasteiger partial charge in [0.25, 0.3) is 0 Å². The van der Waals surface area contributed by atoms with Gasteiger partial charge in [0.05, 0.1) is 0 Å². The number of hydrogen-bond donors (Lipinski definition) is 0. The molecule has 0 nitrogen and oxygen atoms in total. The van der Waals surface area contributed by atoms with E-state index in [0.29, 0.717) is 0 Å². The molecule has 0 atom stereocenters. The van der Waals surface area contributed by atoms with Crippen molar-refractivity contribution in [2.24, 2.45) is 0 Å². The smallest absolute Gasteiger partial charge is 0.0169 e. The number of hydrogen-bond acceptors (Lipinski definition) is 0. The third-order valence-corrected chi connectivity index (χ3v) is 2.23. The van der Waals surface area contributed by atoms with Gasteiger partial charge in [-0.15, -0.1) is 0 Å². The summed E-state index contributed by atoms with van der Waals surface area (Å²) in [6.07, 6.45) is 27.3. The van der Waals surface area contributed by atoms with Crippen molar-refractivity contribution in [2.45, 2.75) is 46.0 Å². The highest BCUT2D eigenvalue weighted by Gasteiger charge is 1.74. The van der Waals surface area contributed by atoms with Gasteiger partial charge in [-0.05, 0) is 39.0 Å². The molecule has 0 aliphatic heterocycles. The summed E-state index contributed by atoms with van der Waals surface area (Å²) in [6.45, 7) is 4.21. The second-order valence-electron chi connectivity index (χ2n) is 3.81. The van der Waals surface area contributed by atoms with Crippen LogP contribution in [-0.4, -0.2) is 0 Å². The summed E-state index contributed by atoms with van der Waals surface area (Å²) in [5.74, 6) is 0. The topological polar surface area (TPSA) is 0 Å². The van der Waals surface area contributed by atoms with Crippen molar-refractivity contribution in [3.63, 3.8) is 0 Å². The van der Waals surface area contributed by atoms with Crippen LogP contribution >= 0.6 is 0 Å². The van der Waals surface area contributed by atoms with Gasteiger partial charge in [-0.3, -0.25) is 0 Å². The molecule has 0 bridgehead atoms. The van der Waals surface area contributed by atoms with E-state index in [4.69, 9.17) is 0 Å². The zero-order chi connectivity index (χ0) is 12.6. The molecule has 0 saturated heterocycles. The molecule has 0 fully saturated rings. The van der Waals surface area contributed by atoms with Crippen molar-refractivity contribution in [1.29, 1.82) is 0 Å². The van der Waals surface area contributed by atoms with Crippen LogP contribution in [0.25, 0.3) is 0 Å². The van der Waals surface area contributed by atoms with E-state index in [1.807, 2.05) is 0 Å². The van der Waals surface area contributed by atoms with Crippen LogP contribution in [0.4, 0.5) is 0 Å². The molecule has 0 unspecified atom stereocenters. The molecule has 0 aromatic heterocycles. The maximum absolute atomic E-state index is 2.22. The van der Waals surface area contributed by atoms with E-state index in [9.17, 15) is 0 Å². The van der Waals surface area contributed by atoms with Gasteiger partial charge in [-0.2, -0.15) is 0 Å². The van der Waals surface area contributed by atoms with Crippen molar-refractivity contribution in [1.82, 2.24) is 0 Å². The maximum atomic E-state index is 2.22. The first-order valence-corrected chi connectivity index (χ1v) is 6.63. The zero-order valence-corrected chi connectivity index (χ0v) is 11.3. The Morgan fingerprint density at radius 3 is 1.24 bits per heavy atom. The lowest BCUT2D eigenvalue weighted by atomic mass is 10.2. The van der Waals surface area contributed by atoms with Crippen molar-refractivity contribution < 1.29 is 0 Å². The Kier molecular flexibility index (Phi) is 13.6. The summed E-state index contributed by atoms with van der Waals surface area (Å²) in [6, 6.07) is 0. The highest BCUT2D eigenvalue weighted by atomic mass is 13.8. The Bertz CT molecular complexity index is 274. The first-order chi connectivity index (χ1) is 8.41. The van der Waals surface area contributed by atoms with Gasteiger partial charge in [0.1, 0.15) is 0 Å². The summed E-state index contributed by atoms with van der Waals surface area (Å²) in [5.41, 5.74) is 0. The zero-order valence-electron chi connectivity index (χ0n) is 11.3. The summed E-state index contributed by atoms with van der Waals surface area (Å²) >= 11 is 0. The standard InChI is InChI=1S/C17H26/c1-3-5-7-9-11-13-15-17-16-14-12-10-8-6-4-2/h3,5-6,8-9,11-12,14-15,17H,4,7,10,13,16H2,1-2H3/b5-3-,8-6-,11-9-,14-12-,17-15-. The van der Waals surface area contributed by atoms with Crippen molar-refractivity contribution in [2.75, 3.05) is 0 Å². The highest BCUT2D eigenvalue weighted by Crippen LogP contribution is 1.95. The first-order valence-electron chi connectivity index (χ1n) is 6.63. The molecule has 0 aromatic rings. The minimum absolute atomic E-state index is 1.04. The van der Waals surface area contributed by atoms with Crippen LogP contribution in [-0.2, 0) is 0 Å². The van der Waals surface area contributed by atoms with E-state index in [1.54, 1.807) is 0 Å². The minimum Gasteiger partial charge on any atom is -0.0914 e. The van der Waals surface area contributed by atoms with Crippen molar-refractivity contribution >= 4 is 0 Å². The van der Waals surface area contributed by atoms with Crippen LogP contribution in [0.1, 0.15) is 46.0 Å². The molecule has 0 rings (SSSR count). The van der Waals surface area contributed by atoms with E-state index >= 15 is 0 Å². The van der Waals surface area contributed by atoms with Crippen LogP contribution in [0.2, 0.25) is 0 Å². The third kappa shape index (κ3) is 14.7. The van der Waals surface area contributed by atoms with E-state index in [2.05, 4.69) is 74.6 Å². The summed E-state index contributed by atoms with van der Waals surface area (Å²) < 4.78 is 0. The second kappa shape index (κ2) is 14.7.